The molecule has 2 nitrogen and oxygen atoms in total. The fourth-order valence-electron chi connectivity index (χ4n) is 3.57. The van der Waals surface area contributed by atoms with Crippen LogP contribution in [0.3, 0.4) is 0 Å². The summed E-state index contributed by atoms with van der Waals surface area (Å²) >= 11 is 0. The summed E-state index contributed by atoms with van der Waals surface area (Å²) in [5.74, 6) is 1.99. The second-order valence-electron chi connectivity index (χ2n) is 7.90. The summed E-state index contributed by atoms with van der Waals surface area (Å²) in [5, 5.41) is 0. The number of hydrogen-bond donors (Lipinski definition) is 0. The van der Waals surface area contributed by atoms with Crippen LogP contribution in [0.1, 0.15) is 87.5 Å². The molecule has 140 valence electrons. The van der Waals surface area contributed by atoms with Crippen molar-refractivity contribution in [2.75, 3.05) is 26.2 Å². The third-order valence-electron chi connectivity index (χ3n) is 5.40. The van der Waals surface area contributed by atoms with Gasteiger partial charge in [0.15, 0.2) is 0 Å². The molecule has 2 fully saturated rings. The Hall–Kier alpha value is -0.0800. The lowest BCUT2D eigenvalue weighted by atomic mass is 9.82. The van der Waals surface area contributed by atoms with E-state index in [-0.39, 0.29) is 0 Å². The average Bonchev–Trinajstić information content (AvgIpc) is 2.58. The van der Waals surface area contributed by atoms with Crippen LogP contribution in [0, 0.1) is 11.8 Å². The Bertz CT molecular complexity index is 231. The molecule has 0 spiro atoms. The summed E-state index contributed by atoms with van der Waals surface area (Å²) in [6, 6.07) is 1.44. The molecule has 1 aliphatic carbocycles. The van der Waals surface area contributed by atoms with Gasteiger partial charge >= 0.3 is 0 Å². The molecule has 1 saturated carbocycles. The Balaban J connectivity index is 0.000000392. The first-order valence-corrected chi connectivity index (χ1v) is 10.4. The van der Waals surface area contributed by atoms with Gasteiger partial charge in [0, 0.05) is 38.3 Å². The first-order valence-electron chi connectivity index (χ1n) is 10.4. The third kappa shape index (κ3) is 9.72. The molecule has 0 aromatic carbocycles. The van der Waals surface area contributed by atoms with E-state index < -0.39 is 0 Å². The van der Waals surface area contributed by atoms with Crippen molar-refractivity contribution >= 4 is 0 Å². The largest absolute Gasteiger partial charge is 0.298 e. The number of hydrogen-bond acceptors (Lipinski definition) is 2. The molecule has 2 rings (SSSR count). The summed E-state index contributed by atoms with van der Waals surface area (Å²) in [5.41, 5.74) is 0. The van der Waals surface area contributed by atoms with Crippen LogP contribution in [-0.2, 0) is 0 Å². The van der Waals surface area contributed by atoms with E-state index in [1.165, 1.54) is 58.3 Å². The van der Waals surface area contributed by atoms with E-state index in [2.05, 4.69) is 51.3 Å². The van der Waals surface area contributed by atoms with Gasteiger partial charge in [-0.3, -0.25) is 9.80 Å². The van der Waals surface area contributed by atoms with Crippen LogP contribution < -0.4 is 0 Å². The Kier molecular flexibility index (Phi) is 13.2. The molecule has 23 heavy (non-hydrogen) atoms. The van der Waals surface area contributed by atoms with Gasteiger partial charge in [0.2, 0.25) is 0 Å². The third-order valence-corrected chi connectivity index (χ3v) is 5.40. The molecule has 0 unspecified atom stereocenters. The van der Waals surface area contributed by atoms with Gasteiger partial charge in [-0.2, -0.15) is 0 Å². The lowest BCUT2D eigenvalue weighted by Crippen LogP contribution is -2.50. The van der Waals surface area contributed by atoms with Gasteiger partial charge in [0.1, 0.15) is 0 Å². The molecule has 2 aliphatic rings. The molecule has 0 amide bonds. The van der Waals surface area contributed by atoms with Gasteiger partial charge in [-0.15, -0.1) is 0 Å². The molecule has 2 heteroatoms. The van der Waals surface area contributed by atoms with Gasteiger partial charge in [-0.25, -0.2) is 0 Å². The first-order chi connectivity index (χ1) is 10.9. The molecule has 0 radical (unpaired) electrons. The van der Waals surface area contributed by atoms with E-state index in [0.717, 1.165) is 23.9 Å². The van der Waals surface area contributed by atoms with Crippen LogP contribution in [0.15, 0.2) is 0 Å². The van der Waals surface area contributed by atoms with E-state index in [0.29, 0.717) is 0 Å². The Morgan fingerprint density at radius 1 is 0.609 bits per heavy atom. The van der Waals surface area contributed by atoms with Crippen LogP contribution in [0.5, 0.6) is 0 Å². The molecule has 1 heterocycles. The molecular weight excluding hydrogens is 280 g/mol. The second-order valence-corrected chi connectivity index (χ2v) is 7.90. The van der Waals surface area contributed by atoms with Crippen molar-refractivity contribution in [1.82, 2.24) is 9.80 Å². The quantitative estimate of drug-likeness (QED) is 0.659. The monoisotopic (exact) mass is 326 g/mol. The van der Waals surface area contributed by atoms with Gasteiger partial charge in [0.25, 0.3) is 0 Å². The molecule has 1 aliphatic heterocycles. The van der Waals surface area contributed by atoms with Crippen molar-refractivity contribution in [3.05, 3.63) is 0 Å². The molecular formula is C21H46N2. The maximum atomic E-state index is 2.55. The predicted molar refractivity (Wildman–Crippen MR) is 106 cm³/mol. The second kappa shape index (κ2) is 13.2. The fraction of sp³-hybridized carbons (Fsp3) is 1.00. The van der Waals surface area contributed by atoms with E-state index in [4.69, 9.17) is 0 Å². The van der Waals surface area contributed by atoms with Crippen molar-refractivity contribution < 1.29 is 0 Å². The SMILES string of the molecule is CC.CC(C)C1CCCCC1.CC(C)N1CCN(C(C)C)CC1. The van der Waals surface area contributed by atoms with Crippen molar-refractivity contribution in [2.24, 2.45) is 11.8 Å². The minimum Gasteiger partial charge on any atom is -0.298 e. The zero-order chi connectivity index (χ0) is 17.8. The molecule has 0 atom stereocenters. The van der Waals surface area contributed by atoms with E-state index in [1.807, 2.05) is 13.8 Å². The van der Waals surface area contributed by atoms with Crippen LogP contribution in [0.25, 0.3) is 0 Å². The highest BCUT2D eigenvalue weighted by Gasteiger charge is 2.19. The van der Waals surface area contributed by atoms with Crippen LogP contribution in [0.2, 0.25) is 0 Å². The Labute approximate surface area is 148 Å². The number of piperazine rings is 1. The molecule has 0 N–H and O–H groups in total. The van der Waals surface area contributed by atoms with Crippen LogP contribution >= 0.6 is 0 Å². The minimum absolute atomic E-state index is 0.722. The lowest BCUT2D eigenvalue weighted by molar-refractivity contribution is 0.0887. The summed E-state index contributed by atoms with van der Waals surface area (Å²) in [6.45, 7) is 22.8. The molecule has 0 bridgehead atoms. The van der Waals surface area contributed by atoms with Crippen molar-refractivity contribution in [1.29, 1.82) is 0 Å². The van der Waals surface area contributed by atoms with Crippen molar-refractivity contribution in [2.45, 2.75) is 99.6 Å². The number of rotatable bonds is 3. The van der Waals surface area contributed by atoms with E-state index in [9.17, 15) is 0 Å². The lowest BCUT2D eigenvalue weighted by Gasteiger charge is -2.38. The fourth-order valence-corrected chi connectivity index (χ4v) is 3.57. The van der Waals surface area contributed by atoms with Crippen molar-refractivity contribution in [3.63, 3.8) is 0 Å². The van der Waals surface area contributed by atoms with E-state index >= 15 is 0 Å². The normalized spacial score (nSPS) is 21.0. The first kappa shape index (κ1) is 22.9. The van der Waals surface area contributed by atoms with Gasteiger partial charge in [0.05, 0.1) is 0 Å². The summed E-state index contributed by atoms with van der Waals surface area (Å²) in [7, 11) is 0. The standard InChI is InChI=1S/C10H22N2.C9H18.C2H6/c1-9(2)11-5-7-12(8-6-11)10(3)4;1-8(2)9-6-4-3-5-7-9;1-2/h9-10H,5-8H2,1-4H3;8-9H,3-7H2,1-2H3;1-2H3. The highest BCUT2D eigenvalue weighted by molar-refractivity contribution is 4.75. The van der Waals surface area contributed by atoms with Crippen LogP contribution in [-0.4, -0.2) is 48.1 Å². The average molecular weight is 327 g/mol. The Morgan fingerprint density at radius 3 is 1.17 bits per heavy atom. The zero-order valence-electron chi connectivity index (χ0n) is 17.6. The maximum Gasteiger partial charge on any atom is 0.0113 e. The van der Waals surface area contributed by atoms with Gasteiger partial charge < -0.3 is 0 Å². The van der Waals surface area contributed by atoms with E-state index in [1.54, 1.807) is 0 Å². The molecule has 0 aromatic rings. The summed E-state index contributed by atoms with van der Waals surface area (Å²) in [4.78, 5) is 5.11. The number of nitrogens with zero attached hydrogens (tertiary/aromatic N) is 2. The zero-order valence-corrected chi connectivity index (χ0v) is 17.6. The van der Waals surface area contributed by atoms with Gasteiger partial charge in [-0.1, -0.05) is 59.8 Å². The maximum absolute atomic E-state index is 2.55. The summed E-state index contributed by atoms with van der Waals surface area (Å²) in [6.07, 6.45) is 7.46. The Morgan fingerprint density at radius 2 is 0.957 bits per heavy atom. The highest BCUT2D eigenvalue weighted by atomic mass is 15.3. The highest BCUT2D eigenvalue weighted by Crippen LogP contribution is 2.29. The predicted octanol–water partition coefficient (Wildman–Crippen LogP) is 5.67. The smallest absolute Gasteiger partial charge is 0.0113 e. The molecule has 0 aromatic heterocycles. The minimum atomic E-state index is 0.722. The molecule has 1 saturated heterocycles. The van der Waals surface area contributed by atoms with Crippen molar-refractivity contribution in [3.8, 4) is 0 Å². The topological polar surface area (TPSA) is 6.48 Å². The van der Waals surface area contributed by atoms with Crippen LogP contribution in [0.4, 0.5) is 0 Å². The summed E-state index contributed by atoms with van der Waals surface area (Å²) < 4.78 is 0. The van der Waals surface area contributed by atoms with Gasteiger partial charge in [-0.05, 0) is 39.5 Å².